The Bertz CT molecular complexity index is 377. The number of hydrogen-bond acceptors (Lipinski definition) is 5. The minimum Gasteiger partial charge on any atom is -0.461 e. The smallest absolute Gasteiger partial charge is 0.358 e. The Labute approximate surface area is 106 Å². The first kappa shape index (κ1) is 14.0. The Morgan fingerprint density at radius 3 is 2.82 bits per heavy atom. The van der Waals surface area contributed by atoms with Gasteiger partial charge in [0.1, 0.15) is 0 Å². The SMILES string of the molecule is CCOC(=O)c1nc(NCC(C)CC)sc1C. The van der Waals surface area contributed by atoms with Crippen LogP contribution in [-0.2, 0) is 4.74 Å². The predicted octanol–water partition coefficient (Wildman–Crippen LogP) is 3.09. The molecule has 0 aliphatic heterocycles. The van der Waals surface area contributed by atoms with E-state index in [0.717, 1.165) is 23.0 Å². The fraction of sp³-hybridized carbons (Fsp3) is 0.667. The number of aryl methyl sites for hydroxylation is 1. The fourth-order valence-electron chi connectivity index (χ4n) is 1.27. The summed E-state index contributed by atoms with van der Waals surface area (Å²) in [6.45, 7) is 9.28. The van der Waals surface area contributed by atoms with Gasteiger partial charge in [0.25, 0.3) is 0 Å². The van der Waals surface area contributed by atoms with E-state index in [9.17, 15) is 4.79 Å². The second kappa shape index (κ2) is 6.59. The van der Waals surface area contributed by atoms with Gasteiger partial charge in [-0.1, -0.05) is 20.3 Å². The Morgan fingerprint density at radius 2 is 2.24 bits per heavy atom. The molecule has 1 rings (SSSR count). The number of carbonyl (C=O) groups excluding carboxylic acids is 1. The molecular weight excluding hydrogens is 236 g/mol. The van der Waals surface area contributed by atoms with Gasteiger partial charge in [0.15, 0.2) is 10.8 Å². The van der Waals surface area contributed by atoms with E-state index in [0.29, 0.717) is 18.2 Å². The third-order valence-corrected chi connectivity index (χ3v) is 3.49. The summed E-state index contributed by atoms with van der Waals surface area (Å²) in [6, 6.07) is 0. The van der Waals surface area contributed by atoms with Crippen LogP contribution in [0.1, 0.15) is 42.6 Å². The number of hydrogen-bond donors (Lipinski definition) is 1. The van der Waals surface area contributed by atoms with E-state index in [2.05, 4.69) is 24.1 Å². The van der Waals surface area contributed by atoms with Crippen LogP contribution in [0.2, 0.25) is 0 Å². The lowest BCUT2D eigenvalue weighted by atomic mass is 10.1. The second-order valence-corrected chi connectivity index (χ2v) is 5.24. The highest BCUT2D eigenvalue weighted by Crippen LogP contribution is 2.23. The number of anilines is 1. The van der Waals surface area contributed by atoms with Gasteiger partial charge < -0.3 is 10.1 Å². The molecule has 1 N–H and O–H groups in total. The summed E-state index contributed by atoms with van der Waals surface area (Å²) in [4.78, 5) is 16.7. The summed E-state index contributed by atoms with van der Waals surface area (Å²) in [6.07, 6.45) is 1.13. The zero-order chi connectivity index (χ0) is 12.8. The first-order valence-corrected chi connectivity index (χ1v) is 6.78. The number of carbonyl (C=O) groups is 1. The number of esters is 1. The van der Waals surface area contributed by atoms with E-state index in [1.807, 2.05) is 6.92 Å². The van der Waals surface area contributed by atoms with Crippen molar-refractivity contribution in [1.29, 1.82) is 0 Å². The molecule has 96 valence electrons. The van der Waals surface area contributed by atoms with Crippen molar-refractivity contribution in [2.75, 3.05) is 18.5 Å². The molecule has 0 radical (unpaired) electrons. The number of aromatic nitrogens is 1. The predicted molar refractivity (Wildman–Crippen MR) is 70.8 cm³/mol. The van der Waals surface area contributed by atoms with Gasteiger partial charge in [0.05, 0.1) is 6.61 Å². The summed E-state index contributed by atoms with van der Waals surface area (Å²) in [5.41, 5.74) is 0.434. The molecule has 1 atom stereocenters. The molecule has 17 heavy (non-hydrogen) atoms. The first-order chi connectivity index (χ1) is 8.08. The Hall–Kier alpha value is -1.10. The highest BCUT2D eigenvalue weighted by molar-refractivity contribution is 7.15. The van der Waals surface area contributed by atoms with Crippen LogP contribution in [0, 0.1) is 12.8 Å². The van der Waals surface area contributed by atoms with Crippen LogP contribution in [0.15, 0.2) is 0 Å². The average molecular weight is 256 g/mol. The number of nitrogens with zero attached hydrogens (tertiary/aromatic N) is 1. The fourth-order valence-corrected chi connectivity index (χ4v) is 2.07. The highest BCUT2D eigenvalue weighted by Gasteiger charge is 2.16. The standard InChI is InChI=1S/C12H20N2O2S/c1-5-8(3)7-13-12-14-10(9(4)17-12)11(15)16-6-2/h8H,5-7H2,1-4H3,(H,13,14). The molecule has 1 aromatic heterocycles. The van der Waals surface area contributed by atoms with E-state index in [1.165, 1.54) is 11.3 Å². The van der Waals surface area contributed by atoms with Crippen LogP contribution in [-0.4, -0.2) is 24.1 Å². The van der Waals surface area contributed by atoms with Gasteiger partial charge in [-0.15, -0.1) is 11.3 Å². The van der Waals surface area contributed by atoms with Crippen molar-refractivity contribution in [3.8, 4) is 0 Å². The van der Waals surface area contributed by atoms with E-state index in [4.69, 9.17) is 4.74 Å². The molecular formula is C12H20N2O2S. The van der Waals surface area contributed by atoms with E-state index in [-0.39, 0.29) is 5.97 Å². The first-order valence-electron chi connectivity index (χ1n) is 5.96. The lowest BCUT2D eigenvalue weighted by Crippen LogP contribution is -2.11. The summed E-state index contributed by atoms with van der Waals surface area (Å²) in [7, 11) is 0. The maximum Gasteiger partial charge on any atom is 0.358 e. The molecule has 0 saturated heterocycles. The summed E-state index contributed by atoms with van der Waals surface area (Å²) in [5, 5.41) is 4.05. The van der Waals surface area contributed by atoms with Crippen molar-refractivity contribution >= 4 is 22.4 Å². The third-order valence-electron chi connectivity index (χ3n) is 2.56. The molecule has 0 aliphatic rings. The third kappa shape index (κ3) is 4.00. The molecule has 1 heterocycles. The van der Waals surface area contributed by atoms with Crippen molar-refractivity contribution in [2.45, 2.75) is 34.1 Å². The van der Waals surface area contributed by atoms with Crippen molar-refractivity contribution in [2.24, 2.45) is 5.92 Å². The molecule has 4 nitrogen and oxygen atoms in total. The zero-order valence-corrected chi connectivity index (χ0v) is 11.7. The molecule has 5 heteroatoms. The normalized spacial score (nSPS) is 12.2. The van der Waals surface area contributed by atoms with Gasteiger partial charge in [0, 0.05) is 11.4 Å². The van der Waals surface area contributed by atoms with Gasteiger partial charge in [-0.2, -0.15) is 0 Å². The monoisotopic (exact) mass is 256 g/mol. The number of rotatable bonds is 6. The van der Waals surface area contributed by atoms with Crippen LogP contribution < -0.4 is 5.32 Å². The summed E-state index contributed by atoms with van der Waals surface area (Å²) in [5.74, 6) is 0.267. The molecule has 0 spiro atoms. The largest absolute Gasteiger partial charge is 0.461 e. The van der Waals surface area contributed by atoms with Gasteiger partial charge in [-0.3, -0.25) is 0 Å². The van der Waals surface area contributed by atoms with Crippen LogP contribution in [0.25, 0.3) is 0 Å². The van der Waals surface area contributed by atoms with Gasteiger partial charge in [-0.05, 0) is 19.8 Å². The van der Waals surface area contributed by atoms with Crippen LogP contribution in [0.3, 0.4) is 0 Å². The molecule has 1 aromatic rings. The van der Waals surface area contributed by atoms with Gasteiger partial charge >= 0.3 is 5.97 Å². The molecule has 1 unspecified atom stereocenters. The van der Waals surface area contributed by atoms with E-state index < -0.39 is 0 Å². The molecule has 0 fully saturated rings. The minimum atomic E-state index is -0.335. The van der Waals surface area contributed by atoms with Crippen LogP contribution in [0.5, 0.6) is 0 Å². The topological polar surface area (TPSA) is 51.2 Å². The quantitative estimate of drug-likeness (QED) is 0.795. The molecule has 0 amide bonds. The molecule has 0 aromatic carbocycles. The van der Waals surface area contributed by atoms with Crippen LogP contribution in [0.4, 0.5) is 5.13 Å². The molecule has 0 saturated carbocycles. The number of nitrogens with one attached hydrogen (secondary N) is 1. The molecule has 0 bridgehead atoms. The minimum absolute atomic E-state index is 0.335. The maximum atomic E-state index is 11.6. The Balaban J connectivity index is 2.64. The lowest BCUT2D eigenvalue weighted by molar-refractivity contribution is 0.0519. The lowest BCUT2D eigenvalue weighted by Gasteiger charge is -2.08. The van der Waals surface area contributed by atoms with Crippen molar-refractivity contribution in [3.63, 3.8) is 0 Å². The summed E-state index contributed by atoms with van der Waals surface area (Å²) < 4.78 is 4.95. The average Bonchev–Trinajstić information content (AvgIpc) is 2.68. The second-order valence-electron chi connectivity index (χ2n) is 4.04. The summed E-state index contributed by atoms with van der Waals surface area (Å²) >= 11 is 1.50. The molecule has 0 aliphatic carbocycles. The Kier molecular flexibility index (Phi) is 5.41. The van der Waals surface area contributed by atoms with E-state index >= 15 is 0 Å². The van der Waals surface area contributed by atoms with Crippen molar-refractivity contribution in [3.05, 3.63) is 10.6 Å². The Morgan fingerprint density at radius 1 is 1.53 bits per heavy atom. The van der Waals surface area contributed by atoms with Gasteiger partial charge in [0.2, 0.25) is 0 Å². The highest BCUT2D eigenvalue weighted by atomic mass is 32.1. The van der Waals surface area contributed by atoms with E-state index in [1.54, 1.807) is 6.92 Å². The van der Waals surface area contributed by atoms with Gasteiger partial charge in [-0.25, -0.2) is 9.78 Å². The number of thiazole rings is 1. The number of ether oxygens (including phenoxy) is 1. The van der Waals surface area contributed by atoms with Crippen molar-refractivity contribution in [1.82, 2.24) is 4.98 Å². The zero-order valence-electron chi connectivity index (χ0n) is 10.9. The van der Waals surface area contributed by atoms with Crippen molar-refractivity contribution < 1.29 is 9.53 Å². The maximum absolute atomic E-state index is 11.6. The van der Waals surface area contributed by atoms with Crippen LogP contribution >= 0.6 is 11.3 Å².